The van der Waals surface area contributed by atoms with Crippen LogP contribution < -0.4 is 10.6 Å². The van der Waals surface area contributed by atoms with Crippen LogP contribution in [-0.4, -0.2) is 16.9 Å². The van der Waals surface area contributed by atoms with Crippen LogP contribution in [0.5, 0.6) is 5.75 Å². The minimum Gasteiger partial charge on any atom is -0.504 e. The Morgan fingerprint density at radius 2 is 0.549 bits per heavy atom. The Balaban J connectivity index is 1.32. The molecule has 0 aromatic heterocycles. The van der Waals surface area contributed by atoms with Crippen molar-refractivity contribution in [1.82, 2.24) is 0 Å². The van der Waals surface area contributed by atoms with Crippen molar-refractivity contribution in [1.29, 1.82) is 0 Å². The van der Waals surface area contributed by atoms with E-state index in [2.05, 4.69) is 10.6 Å². The van der Waals surface area contributed by atoms with Crippen molar-refractivity contribution in [3.05, 3.63) is 234 Å². The van der Waals surface area contributed by atoms with Crippen LogP contribution in [0.25, 0.3) is 0 Å². The van der Waals surface area contributed by atoms with Crippen LogP contribution in [0.1, 0.15) is 33.4 Å². The van der Waals surface area contributed by atoms with Crippen LogP contribution in [0.15, 0.2) is 200 Å². The van der Waals surface area contributed by atoms with E-state index in [1.807, 2.05) is 182 Å². The van der Waals surface area contributed by atoms with E-state index in [4.69, 9.17) is 0 Å². The van der Waals surface area contributed by atoms with Crippen LogP contribution in [0.4, 0.5) is 11.4 Å². The lowest BCUT2D eigenvalue weighted by molar-refractivity contribution is -0.119. The number of hydrogen-bond acceptors (Lipinski definition) is 3. The molecule has 2 amide bonds. The van der Waals surface area contributed by atoms with Crippen molar-refractivity contribution in [2.45, 2.75) is 10.8 Å². The number of aromatic hydroxyl groups is 1. The van der Waals surface area contributed by atoms with Gasteiger partial charge in [-0.25, -0.2) is 0 Å². The number of nitrogens with one attached hydrogen (secondary N) is 2. The number of phenols is 1. The van der Waals surface area contributed by atoms with E-state index in [1.165, 1.54) is 0 Å². The number of para-hydroxylation sites is 1. The molecular formula is C46H36N2O3. The number of rotatable bonds is 10. The normalized spacial score (nSPS) is 11.4. The molecule has 7 rings (SSSR count). The first-order valence-electron chi connectivity index (χ1n) is 16.8. The molecule has 7 aromatic carbocycles. The molecular weight excluding hydrogens is 629 g/mol. The topological polar surface area (TPSA) is 78.4 Å². The zero-order valence-electron chi connectivity index (χ0n) is 27.8. The molecule has 0 aliphatic rings. The third kappa shape index (κ3) is 5.96. The van der Waals surface area contributed by atoms with Gasteiger partial charge in [0.05, 0.1) is 11.4 Å². The Labute approximate surface area is 297 Å². The first-order chi connectivity index (χ1) is 25.1. The first kappa shape index (κ1) is 32.8. The minimum absolute atomic E-state index is 0.162. The Morgan fingerprint density at radius 1 is 0.333 bits per heavy atom. The molecule has 0 fully saturated rings. The van der Waals surface area contributed by atoms with Gasteiger partial charge in [0.2, 0.25) is 11.8 Å². The first-order valence-corrected chi connectivity index (χ1v) is 16.8. The number of amides is 2. The summed E-state index contributed by atoms with van der Waals surface area (Å²) >= 11 is 0. The maximum Gasteiger partial charge on any atom is 0.244 e. The highest BCUT2D eigenvalue weighted by atomic mass is 16.3. The lowest BCUT2D eigenvalue weighted by Crippen LogP contribution is -2.43. The molecule has 0 bridgehead atoms. The van der Waals surface area contributed by atoms with Gasteiger partial charge in [-0.1, -0.05) is 188 Å². The summed E-state index contributed by atoms with van der Waals surface area (Å²) in [6, 6.07) is 62.7. The van der Waals surface area contributed by atoms with E-state index in [-0.39, 0.29) is 28.9 Å². The SMILES string of the molecule is O=C(Nc1cccc(NC(=O)C(c2ccccc2)(c2ccccc2)c2ccccc2)c1O)C(c1ccccc1)(c1ccccc1)c1ccccc1. The summed E-state index contributed by atoms with van der Waals surface area (Å²) in [7, 11) is 0. The molecule has 0 heterocycles. The van der Waals surface area contributed by atoms with Gasteiger partial charge in [-0.15, -0.1) is 0 Å². The molecule has 0 atom stereocenters. The Morgan fingerprint density at radius 3 is 0.765 bits per heavy atom. The quantitative estimate of drug-likeness (QED) is 0.101. The molecule has 248 valence electrons. The fraction of sp³-hybridized carbons (Fsp3) is 0.0435. The van der Waals surface area contributed by atoms with Crippen LogP contribution in [-0.2, 0) is 20.4 Å². The Bertz CT molecular complexity index is 1870. The van der Waals surface area contributed by atoms with Crippen molar-refractivity contribution >= 4 is 23.2 Å². The third-order valence-electron chi connectivity index (χ3n) is 9.45. The summed E-state index contributed by atoms with van der Waals surface area (Å²) in [5.74, 6) is -0.987. The zero-order valence-corrected chi connectivity index (χ0v) is 27.8. The monoisotopic (exact) mass is 664 g/mol. The summed E-state index contributed by atoms with van der Waals surface area (Å²) in [4.78, 5) is 29.9. The van der Waals surface area contributed by atoms with Gasteiger partial charge in [-0.05, 0) is 45.5 Å². The van der Waals surface area contributed by atoms with E-state index in [1.54, 1.807) is 18.2 Å². The van der Waals surface area contributed by atoms with Crippen LogP contribution in [0, 0.1) is 0 Å². The van der Waals surface area contributed by atoms with Gasteiger partial charge >= 0.3 is 0 Å². The van der Waals surface area contributed by atoms with Gasteiger partial charge in [-0.3, -0.25) is 9.59 Å². The summed E-state index contributed by atoms with van der Waals surface area (Å²) in [6.07, 6.45) is 0. The van der Waals surface area contributed by atoms with E-state index >= 15 is 0 Å². The van der Waals surface area contributed by atoms with Gasteiger partial charge in [0, 0.05) is 0 Å². The maximum absolute atomic E-state index is 14.9. The molecule has 0 saturated carbocycles. The van der Waals surface area contributed by atoms with Crippen LogP contribution in [0.2, 0.25) is 0 Å². The summed E-state index contributed by atoms with van der Waals surface area (Å²) in [5, 5.41) is 17.9. The molecule has 0 saturated heterocycles. The standard InChI is InChI=1S/C46H36N2O3/c49-42-40(47-43(50)45(34-20-7-1-8-21-34,35-22-9-2-10-23-35)36-24-11-3-12-25-36)32-19-33-41(42)48-44(51)46(37-26-13-4-14-27-37,38-28-15-5-16-29-38)39-30-17-6-18-31-39/h1-33,49H,(H,47,50)(H,48,51). The largest absolute Gasteiger partial charge is 0.504 e. The van der Waals surface area contributed by atoms with E-state index < -0.39 is 10.8 Å². The molecule has 0 unspecified atom stereocenters. The van der Waals surface area contributed by atoms with Gasteiger partial charge in [-0.2, -0.15) is 0 Å². The summed E-state index contributed by atoms with van der Waals surface area (Å²) in [5.41, 5.74) is 2.39. The molecule has 0 spiro atoms. The van der Waals surface area contributed by atoms with Gasteiger partial charge in [0.25, 0.3) is 0 Å². The van der Waals surface area contributed by atoms with Crippen molar-refractivity contribution < 1.29 is 14.7 Å². The number of hydrogen-bond donors (Lipinski definition) is 3. The second-order valence-corrected chi connectivity index (χ2v) is 12.3. The molecule has 7 aromatic rings. The van der Waals surface area contributed by atoms with Crippen LogP contribution >= 0.6 is 0 Å². The molecule has 0 radical (unpaired) electrons. The van der Waals surface area contributed by atoms with Crippen molar-refractivity contribution in [2.75, 3.05) is 10.6 Å². The molecule has 5 nitrogen and oxygen atoms in total. The lowest BCUT2D eigenvalue weighted by atomic mass is 9.68. The molecule has 3 N–H and O–H groups in total. The fourth-order valence-electron chi connectivity index (χ4n) is 7.09. The van der Waals surface area contributed by atoms with Gasteiger partial charge in [0.1, 0.15) is 10.8 Å². The molecule has 0 aliphatic heterocycles. The predicted octanol–water partition coefficient (Wildman–Crippen LogP) is 9.34. The second-order valence-electron chi connectivity index (χ2n) is 12.3. The second kappa shape index (κ2) is 14.4. The van der Waals surface area contributed by atoms with Crippen molar-refractivity contribution in [3.63, 3.8) is 0 Å². The summed E-state index contributed by atoms with van der Waals surface area (Å²) in [6.45, 7) is 0. The molecule has 5 heteroatoms. The van der Waals surface area contributed by atoms with E-state index in [9.17, 15) is 14.7 Å². The Hall–Kier alpha value is -6.72. The number of carbonyl (C=O) groups is 2. The lowest BCUT2D eigenvalue weighted by Gasteiger charge is -2.35. The number of benzene rings is 7. The highest BCUT2D eigenvalue weighted by molar-refractivity contribution is 6.08. The predicted molar refractivity (Wildman–Crippen MR) is 204 cm³/mol. The third-order valence-corrected chi connectivity index (χ3v) is 9.45. The van der Waals surface area contributed by atoms with Crippen LogP contribution in [0.3, 0.4) is 0 Å². The smallest absolute Gasteiger partial charge is 0.244 e. The van der Waals surface area contributed by atoms with E-state index in [0.29, 0.717) is 0 Å². The average Bonchev–Trinajstić information content (AvgIpc) is 3.20. The molecule has 0 aliphatic carbocycles. The number of phenolic OH excluding ortho intramolecular Hbond substituents is 1. The maximum atomic E-state index is 14.9. The highest BCUT2D eigenvalue weighted by Crippen LogP contribution is 2.44. The molecule has 51 heavy (non-hydrogen) atoms. The Kier molecular flexibility index (Phi) is 9.27. The van der Waals surface area contributed by atoms with Crippen molar-refractivity contribution in [3.8, 4) is 5.75 Å². The zero-order chi connectivity index (χ0) is 35.1. The van der Waals surface area contributed by atoms with Gasteiger partial charge in [0.15, 0.2) is 5.75 Å². The van der Waals surface area contributed by atoms with Crippen molar-refractivity contribution in [2.24, 2.45) is 0 Å². The summed E-state index contributed by atoms with van der Waals surface area (Å²) < 4.78 is 0. The number of carbonyl (C=O) groups excluding carboxylic acids is 2. The minimum atomic E-state index is -1.27. The average molecular weight is 665 g/mol. The number of anilines is 2. The fourth-order valence-corrected chi connectivity index (χ4v) is 7.09. The van der Waals surface area contributed by atoms with Gasteiger partial charge < -0.3 is 15.7 Å². The van der Waals surface area contributed by atoms with E-state index in [0.717, 1.165) is 33.4 Å². The highest BCUT2D eigenvalue weighted by Gasteiger charge is 2.45.